The van der Waals surface area contributed by atoms with Crippen LogP contribution >= 0.6 is 0 Å². The molecule has 0 aliphatic rings. The summed E-state index contributed by atoms with van der Waals surface area (Å²) in [5.41, 5.74) is 2.43. The number of nitriles is 1. The van der Waals surface area contributed by atoms with Gasteiger partial charge in [0.2, 0.25) is 0 Å². The van der Waals surface area contributed by atoms with Gasteiger partial charge in [-0.1, -0.05) is 6.07 Å². The molecular weight excluding hydrogens is 254 g/mol. The Kier molecular flexibility index (Phi) is 4.40. The SMILES string of the molecule is CCOC(=O)c1cncc(Cc2cccnc2C#N)c1. The monoisotopic (exact) mass is 267 g/mol. The van der Waals surface area contributed by atoms with Gasteiger partial charge in [0.05, 0.1) is 12.2 Å². The zero-order valence-corrected chi connectivity index (χ0v) is 11.0. The van der Waals surface area contributed by atoms with Gasteiger partial charge >= 0.3 is 5.97 Å². The number of carbonyl (C=O) groups is 1. The van der Waals surface area contributed by atoms with Crippen molar-refractivity contribution in [3.8, 4) is 6.07 Å². The lowest BCUT2D eigenvalue weighted by molar-refractivity contribution is 0.0525. The van der Waals surface area contributed by atoms with Gasteiger partial charge in [0.25, 0.3) is 0 Å². The molecule has 0 aliphatic carbocycles. The van der Waals surface area contributed by atoms with E-state index in [4.69, 9.17) is 10.00 Å². The van der Waals surface area contributed by atoms with Gasteiger partial charge in [-0.2, -0.15) is 5.26 Å². The van der Waals surface area contributed by atoms with Crippen molar-refractivity contribution in [2.45, 2.75) is 13.3 Å². The molecule has 0 bridgehead atoms. The molecule has 0 fully saturated rings. The van der Waals surface area contributed by atoms with E-state index in [9.17, 15) is 4.79 Å². The van der Waals surface area contributed by atoms with Crippen LogP contribution in [0.25, 0.3) is 0 Å². The molecule has 2 aromatic heterocycles. The molecule has 2 heterocycles. The minimum atomic E-state index is -0.395. The normalized spacial score (nSPS) is 9.80. The van der Waals surface area contributed by atoms with Crippen LogP contribution in [0.15, 0.2) is 36.8 Å². The quantitative estimate of drug-likeness (QED) is 0.793. The molecule has 2 aromatic rings. The molecule has 20 heavy (non-hydrogen) atoms. The van der Waals surface area contributed by atoms with Gasteiger partial charge in [0, 0.05) is 25.0 Å². The van der Waals surface area contributed by atoms with E-state index < -0.39 is 5.97 Å². The summed E-state index contributed by atoms with van der Waals surface area (Å²) in [7, 11) is 0. The molecule has 0 spiro atoms. The molecule has 0 saturated heterocycles. The molecule has 0 saturated carbocycles. The highest BCUT2D eigenvalue weighted by atomic mass is 16.5. The Morgan fingerprint density at radius 1 is 1.45 bits per heavy atom. The van der Waals surface area contributed by atoms with Crippen LogP contribution in [0.3, 0.4) is 0 Å². The third-order valence-corrected chi connectivity index (χ3v) is 2.70. The van der Waals surface area contributed by atoms with Crippen molar-refractivity contribution >= 4 is 5.97 Å². The molecule has 0 atom stereocenters. The van der Waals surface area contributed by atoms with Crippen LogP contribution in [-0.4, -0.2) is 22.5 Å². The second kappa shape index (κ2) is 6.43. The predicted octanol–water partition coefficient (Wildman–Crippen LogP) is 2.12. The molecule has 0 unspecified atom stereocenters. The van der Waals surface area contributed by atoms with Crippen molar-refractivity contribution in [2.24, 2.45) is 0 Å². The van der Waals surface area contributed by atoms with Gasteiger partial charge in [-0.15, -0.1) is 0 Å². The first-order valence-corrected chi connectivity index (χ1v) is 6.19. The lowest BCUT2D eigenvalue weighted by Gasteiger charge is -2.05. The third kappa shape index (κ3) is 3.18. The summed E-state index contributed by atoms with van der Waals surface area (Å²) >= 11 is 0. The number of pyridine rings is 2. The van der Waals surface area contributed by atoms with E-state index in [1.807, 2.05) is 6.07 Å². The van der Waals surface area contributed by atoms with Crippen LogP contribution in [0.4, 0.5) is 0 Å². The maximum absolute atomic E-state index is 11.6. The summed E-state index contributed by atoms with van der Waals surface area (Å²) in [5.74, 6) is -0.395. The number of rotatable bonds is 4. The van der Waals surface area contributed by atoms with E-state index in [0.717, 1.165) is 11.1 Å². The number of aromatic nitrogens is 2. The Balaban J connectivity index is 2.24. The van der Waals surface area contributed by atoms with Crippen molar-refractivity contribution in [3.63, 3.8) is 0 Å². The first kappa shape index (κ1) is 13.7. The van der Waals surface area contributed by atoms with Crippen LogP contribution < -0.4 is 0 Å². The number of esters is 1. The highest BCUT2D eigenvalue weighted by Gasteiger charge is 2.09. The molecule has 2 rings (SSSR count). The smallest absolute Gasteiger partial charge is 0.339 e. The van der Waals surface area contributed by atoms with Gasteiger partial charge in [-0.25, -0.2) is 9.78 Å². The summed E-state index contributed by atoms with van der Waals surface area (Å²) < 4.78 is 4.93. The summed E-state index contributed by atoms with van der Waals surface area (Å²) in [6, 6.07) is 7.38. The van der Waals surface area contributed by atoms with Crippen LogP contribution in [0.2, 0.25) is 0 Å². The molecule has 0 aliphatic heterocycles. The summed E-state index contributed by atoms with van der Waals surface area (Å²) in [6.45, 7) is 2.08. The van der Waals surface area contributed by atoms with Crippen molar-refractivity contribution in [2.75, 3.05) is 6.61 Å². The van der Waals surface area contributed by atoms with E-state index in [2.05, 4.69) is 16.0 Å². The maximum Gasteiger partial charge on any atom is 0.339 e. The number of nitrogens with zero attached hydrogens (tertiary/aromatic N) is 3. The second-order valence-electron chi connectivity index (χ2n) is 4.10. The van der Waals surface area contributed by atoms with Crippen molar-refractivity contribution in [3.05, 3.63) is 59.2 Å². The fraction of sp³-hybridized carbons (Fsp3) is 0.200. The zero-order valence-electron chi connectivity index (χ0n) is 11.0. The molecule has 0 aromatic carbocycles. The minimum Gasteiger partial charge on any atom is -0.462 e. The van der Waals surface area contributed by atoms with Crippen LogP contribution in [0, 0.1) is 11.3 Å². The Hall–Kier alpha value is -2.74. The van der Waals surface area contributed by atoms with Gasteiger partial charge in [0.1, 0.15) is 11.8 Å². The van der Waals surface area contributed by atoms with Gasteiger partial charge < -0.3 is 4.74 Å². The molecule has 0 N–H and O–H groups in total. The Labute approximate surface area is 116 Å². The van der Waals surface area contributed by atoms with Crippen molar-refractivity contribution < 1.29 is 9.53 Å². The minimum absolute atomic E-state index is 0.324. The van der Waals surface area contributed by atoms with Crippen LogP contribution in [0.1, 0.15) is 34.1 Å². The summed E-state index contributed by atoms with van der Waals surface area (Å²) in [5, 5.41) is 9.01. The van der Waals surface area contributed by atoms with E-state index in [1.54, 1.807) is 31.5 Å². The van der Waals surface area contributed by atoms with Crippen molar-refractivity contribution in [1.82, 2.24) is 9.97 Å². The average Bonchev–Trinajstić information content (AvgIpc) is 2.48. The lowest BCUT2D eigenvalue weighted by Crippen LogP contribution is -2.06. The Morgan fingerprint density at radius 2 is 2.30 bits per heavy atom. The Bertz CT molecular complexity index is 662. The number of ether oxygens (including phenoxy) is 1. The van der Waals surface area contributed by atoms with Gasteiger partial charge in [0.15, 0.2) is 0 Å². The second-order valence-corrected chi connectivity index (χ2v) is 4.10. The zero-order chi connectivity index (χ0) is 14.4. The molecule has 100 valence electrons. The number of hydrogen-bond acceptors (Lipinski definition) is 5. The summed E-state index contributed by atoms with van der Waals surface area (Å²) in [6.07, 6.45) is 5.21. The van der Waals surface area contributed by atoms with E-state index in [1.165, 1.54) is 6.20 Å². The fourth-order valence-electron chi connectivity index (χ4n) is 1.81. The standard InChI is InChI=1S/C15H13N3O2/c1-2-20-15(19)13-7-11(9-17-10-13)6-12-4-3-5-18-14(12)8-16/h3-5,7,9-10H,2,6H2,1H3. The van der Waals surface area contributed by atoms with E-state index in [-0.39, 0.29) is 0 Å². The molecular formula is C15H13N3O2. The topological polar surface area (TPSA) is 75.9 Å². The van der Waals surface area contributed by atoms with E-state index >= 15 is 0 Å². The first-order valence-electron chi connectivity index (χ1n) is 6.19. The third-order valence-electron chi connectivity index (χ3n) is 2.70. The predicted molar refractivity (Wildman–Crippen MR) is 72.0 cm³/mol. The number of carbonyl (C=O) groups excluding carboxylic acids is 1. The maximum atomic E-state index is 11.6. The highest BCUT2D eigenvalue weighted by Crippen LogP contribution is 2.13. The molecule has 5 nitrogen and oxygen atoms in total. The largest absolute Gasteiger partial charge is 0.462 e. The average molecular weight is 267 g/mol. The fourth-order valence-corrected chi connectivity index (χ4v) is 1.81. The van der Waals surface area contributed by atoms with E-state index in [0.29, 0.717) is 24.3 Å². The highest BCUT2D eigenvalue weighted by molar-refractivity contribution is 5.89. The first-order chi connectivity index (χ1) is 9.74. The molecule has 0 amide bonds. The molecule has 5 heteroatoms. The Morgan fingerprint density at radius 3 is 3.05 bits per heavy atom. The van der Waals surface area contributed by atoms with Gasteiger partial charge in [-0.05, 0) is 30.2 Å². The van der Waals surface area contributed by atoms with Crippen LogP contribution in [-0.2, 0) is 11.2 Å². The van der Waals surface area contributed by atoms with Crippen molar-refractivity contribution in [1.29, 1.82) is 5.26 Å². The number of hydrogen-bond donors (Lipinski definition) is 0. The molecule has 0 radical (unpaired) electrons. The lowest BCUT2D eigenvalue weighted by atomic mass is 10.0. The summed E-state index contributed by atoms with van der Waals surface area (Å²) in [4.78, 5) is 19.7. The van der Waals surface area contributed by atoms with Crippen LogP contribution in [0.5, 0.6) is 0 Å². The van der Waals surface area contributed by atoms with Gasteiger partial charge in [-0.3, -0.25) is 4.98 Å².